The molecule has 10 rings (SSSR count). The number of rotatable bonds is 4. The van der Waals surface area contributed by atoms with Gasteiger partial charge < -0.3 is 4.42 Å². The number of hydrogen-bond acceptors (Lipinski definition) is 4. The minimum absolute atomic E-state index is 0.604. The van der Waals surface area contributed by atoms with Crippen molar-refractivity contribution in [3.63, 3.8) is 0 Å². The van der Waals surface area contributed by atoms with Crippen LogP contribution in [-0.4, -0.2) is 15.0 Å². The van der Waals surface area contributed by atoms with Crippen LogP contribution in [0, 0.1) is 0 Å². The number of fused-ring (bicyclic) bond motifs is 6. The van der Waals surface area contributed by atoms with Gasteiger partial charge in [-0.15, -0.1) is 0 Å². The molecule has 2 aromatic heterocycles. The molecule has 0 aliphatic heterocycles. The Morgan fingerprint density at radius 3 is 1.67 bits per heavy atom. The highest BCUT2D eigenvalue weighted by atomic mass is 16.3. The molecule has 0 aliphatic carbocycles. The van der Waals surface area contributed by atoms with Gasteiger partial charge in [-0.2, -0.15) is 0 Å². The molecule has 0 N–H and O–H groups in total. The summed E-state index contributed by atoms with van der Waals surface area (Å²) >= 11 is 0. The van der Waals surface area contributed by atoms with Crippen LogP contribution in [0.4, 0.5) is 0 Å². The van der Waals surface area contributed by atoms with Gasteiger partial charge in [-0.25, -0.2) is 15.0 Å². The van der Waals surface area contributed by atoms with Crippen LogP contribution in [-0.2, 0) is 0 Å². The quantitative estimate of drug-likeness (QED) is 0.195. The lowest BCUT2D eigenvalue weighted by atomic mass is 9.92. The molecule has 10 aromatic rings. The van der Waals surface area contributed by atoms with E-state index in [9.17, 15) is 0 Å². The molecule has 0 unspecified atom stereocenters. The standard InChI is InChI=1S/C45H27N3O/c1-2-13-29(14-3-1)43-46-44(37-23-10-21-35-34(20-9-22-36(35)37)33-19-8-17-28-12-6-7-18-32(28)33)48-45(47-43)38-24-11-25-40-42(38)39-26-30-15-4-5-16-31(30)27-41(39)49-40/h1-27H. The van der Waals surface area contributed by atoms with E-state index in [1.165, 1.54) is 21.9 Å². The molecule has 0 spiro atoms. The van der Waals surface area contributed by atoms with E-state index in [0.29, 0.717) is 17.5 Å². The Morgan fingerprint density at radius 2 is 0.857 bits per heavy atom. The van der Waals surface area contributed by atoms with E-state index in [-0.39, 0.29) is 0 Å². The summed E-state index contributed by atoms with van der Waals surface area (Å²) < 4.78 is 6.42. The first-order valence-corrected chi connectivity index (χ1v) is 16.4. The summed E-state index contributed by atoms with van der Waals surface area (Å²) in [5.74, 6) is 1.85. The summed E-state index contributed by atoms with van der Waals surface area (Å²) in [5.41, 5.74) is 6.81. The molecule has 0 aliphatic rings. The topological polar surface area (TPSA) is 51.8 Å². The average molecular weight is 626 g/mol. The average Bonchev–Trinajstić information content (AvgIpc) is 3.54. The molecule has 0 fully saturated rings. The predicted molar refractivity (Wildman–Crippen MR) is 201 cm³/mol. The Morgan fingerprint density at radius 1 is 0.327 bits per heavy atom. The summed E-state index contributed by atoms with van der Waals surface area (Å²) in [6.07, 6.45) is 0. The number of furan rings is 1. The van der Waals surface area contributed by atoms with Crippen molar-refractivity contribution in [1.82, 2.24) is 15.0 Å². The number of hydrogen-bond donors (Lipinski definition) is 0. The fourth-order valence-electron chi connectivity index (χ4n) is 7.23. The van der Waals surface area contributed by atoms with E-state index < -0.39 is 0 Å². The van der Waals surface area contributed by atoms with E-state index in [4.69, 9.17) is 19.4 Å². The molecule has 8 aromatic carbocycles. The minimum Gasteiger partial charge on any atom is -0.456 e. The smallest absolute Gasteiger partial charge is 0.164 e. The van der Waals surface area contributed by atoms with E-state index in [2.05, 4.69) is 121 Å². The van der Waals surface area contributed by atoms with Crippen molar-refractivity contribution in [2.45, 2.75) is 0 Å². The van der Waals surface area contributed by atoms with E-state index >= 15 is 0 Å². The first-order valence-electron chi connectivity index (χ1n) is 16.4. The van der Waals surface area contributed by atoms with Crippen LogP contribution >= 0.6 is 0 Å². The van der Waals surface area contributed by atoms with Crippen molar-refractivity contribution in [3.05, 3.63) is 164 Å². The van der Waals surface area contributed by atoms with Crippen LogP contribution in [0.15, 0.2) is 168 Å². The molecule has 0 amide bonds. The van der Waals surface area contributed by atoms with Crippen LogP contribution in [0.2, 0.25) is 0 Å². The van der Waals surface area contributed by atoms with Crippen LogP contribution in [0.1, 0.15) is 0 Å². The second kappa shape index (κ2) is 11.0. The van der Waals surface area contributed by atoms with Gasteiger partial charge in [0.25, 0.3) is 0 Å². The highest BCUT2D eigenvalue weighted by molar-refractivity contribution is 6.15. The monoisotopic (exact) mass is 625 g/mol. The fraction of sp³-hybridized carbons (Fsp3) is 0. The second-order valence-electron chi connectivity index (χ2n) is 12.4. The maximum Gasteiger partial charge on any atom is 0.164 e. The lowest BCUT2D eigenvalue weighted by Gasteiger charge is -2.14. The Labute approximate surface area is 282 Å². The van der Waals surface area contributed by atoms with Crippen LogP contribution in [0.3, 0.4) is 0 Å². The van der Waals surface area contributed by atoms with Crippen LogP contribution < -0.4 is 0 Å². The minimum atomic E-state index is 0.604. The maximum atomic E-state index is 6.42. The molecular weight excluding hydrogens is 599 g/mol. The molecule has 0 radical (unpaired) electrons. The van der Waals surface area contributed by atoms with Gasteiger partial charge in [0, 0.05) is 27.5 Å². The molecule has 0 atom stereocenters. The van der Waals surface area contributed by atoms with Crippen LogP contribution in [0.5, 0.6) is 0 Å². The second-order valence-corrected chi connectivity index (χ2v) is 12.4. The zero-order chi connectivity index (χ0) is 32.3. The summed E-state index contributed by atoms with van der Waals surface area (Å²) in [7, 11) is 0. The van der Waals surface area contributed by atoms with Gasteiger partial charge in [0.15, 0.2) is 17.5 Å². The number of benzene rings is 8. The molecule has 0 bridgehead atoms. The first-order chi connectivity index (χ1) is 24.3. The van der Waals surface area contributed by atoms with Crippen molar-refractivity contribution in [1.29, 1.82) is 0 Å². The van der Waals surface area contributed by atoms with Crippen molar-refractivity contribution in [3.8, 4) is 45.3 Å². The van der Waals surface area contributed by atoms with Crippen molar-refractivity contribution in [2.24, 2.45) is 0 Å². The van der Waals surface area contributed by atoms with Gasteiger partial charge in [0.1, 0.15) is 11.2 Å². The lowest BCUT2D eigenvalue weighted by molar-refractivity contribution is 0.669. The third kappa shape index (κ3) is 4.49. The maximum absolute atomic E-state index is 6.42. The van der Waals surface area contributed by atoms with Gasteiger partial charge in [-0.1, -0.05) is 146 Å². The summed E-state index contributed by atoms with van der Waals surface area (Å²) in [5, 5.41) is 9.02. The molecule has 0 saturated carbocycles. The highest BCUT2D eigenvalue weighted by Crippen LogP contribution is 2.40. The Balaban J connectivity index is 1.23. The lowest BCUT2D eigenvalue weighted by Crippen LogP contribution is -2.01. The van der Waals surface area contributed by atoms with Crippen LogP contribution in [0.25, 0.3) is 99.5 Å². The third-order valence-corrected chi connectivity index (χ3v) is 9.51. The summed E-state index contributed by atoms with van der Waals surface area (Å²) in [6, 6.07) is 56.9. The highest BCUT2D eigenvalue weighted by Gasteiger charge is 2.19. The summed E-state index contributed by atoms with van der Waals surface area (Å²) in [6.45, 7) is 0. The molecule has 4 nitrogen and oxygen atoms in total. The fourth-order valence-corrected chi connectivity index (χ4v) is 7.23. The van der Waals surface area contributed by atoms with Crippen molar-refractivity contribution >= 4 is 54.3 Å². The van der Waals surface area contributed by atoms with Gasteiger partial charge in [-0.05, 0) is 61.6 Å². The Hall–Kier alpha value is -6.65. The SMILES string of the molecule is c1ccc(-c2nc(-c3cccc4c(-c5cccc6ccccc56)cccc34)nc(-c3cccc4oc5cc6ccccc6cc5c34)n2)cc1. The van der Waals surface area contributed by atoms with Gasteiger partial charge >= 0.3 is 0 Å². The Kier molecular flexibility index (Phi) is 6.15. The van der Waals surface area contributed by atoms with Crippen molar-refractivity contribution in [2.75, 3.05) is 0 Å². The van der Waals surface area contributed by atoms with Gasteiger partial charge in [-0.3, -0.25) is 0 Å². The molecule has 49 heavy (non-hydrogen) atoms. The predicted octanol–water partition coefficient (Wildman–Crippen LogP) is 11.9. The first kappa shape index (κ1) is 27.5. The molecular formula is C45H27N3O. The van der Waals surface area contributed by atoms with Gasteiger partial charge in [0.2, 0.25) is 0 Å². The molecule has 0 saturated heterocycles. The summed E-state index contributed by atoms with van der Waals surface area (Å²) in [4.78, 5) is 15.5. The number of aromatic nitrogens is 3. The van der Waals surface area contributed by atoms with E-state index in [1.807, 2.05) is 42.5 Å². The van der Waals surface area contributed by atoms with Crippen molar-refractivity contribution < 1.29 is 4.42 Å². The van der Waals surface area contributed by atoms with E-state index in [0.717, 1.165) is 60.2 Å². The largest absolute Gasteiger partial charge is 0.456 e. The van der Waals surface area contributed by atoms with Gasteiger partial charge in [0.05, 0.1) is 0 Å². The molecule has 228 valence electrons. The molecule has 4 heteroatoms. The normalized spacial score (nSPS) is 11.7. The zero-order valence-electron chi connectivity index (χ0n) is 26.3. The van der Waals surface area contributed by atoms with E-state index in [1.54, 1.807) is 0 Å². The third-order valence-electron chi connectivity index (χ3n) is 9.51. The number of nitrogens with zero attached hydrogens (tertiary/aromatic N) is 3. The zero-order valence-corrected chi connectivity index (χ0v) is 26.3. The molecule has 2 heterocycles. The Bertz CT molecular complexity index is 2890.